The van der Waals surface area contributed by atoms with Crippen molar-refractivity contribution >= 4 is 16.7 Å². The van der Waals surface area contributed by atoms with Crippen molar-refractivity contribution in [3.63, 3.8) is 0 Å². The number of hydrogen-bond donors (Lipinski definition) is 0. The molecule has 1 aliphatic rings. The Bertz CT molecular complexity index is 1380. The number of ether oxygens (including phenoxy) is 1. The molecule has 1 aliphatic heterocycles. The zero-order valence-corrected chi connectivity index (χ0v) is 19.0. The maximum atomic E-state index is 13.3. The van der Waals surface area contributed by atoms with Gasteiger partial charge >= 0.3 is 0 Å². The summed E-state index contributed by atoms with van der Waals surface area (Å²) in [5, 5.41) is 5.52. The predicted octanol–water partition coefficient (Wildman–Crippen LogP) is 3.74. The number of piperidine rings is 1. The van der Waals surface area contributed by atoms with E-state index in [1.165, 1.54) is 4.68 Å². The van der Waals surface area contributed by atoms with Crippen LogP contribution in [0.3, 0.4) is 0 Å². The number of fused-ring (bicyclic) bond motifs is 1. The topological polar surface area (TPSA) is 90.5 Å². The molecule has 0 radical (unpaired) electrons. The van der Waals surface area contributed by atoms with Crippen molar-refractivity contribution in [3.05, 3.63) is 88.5 Å². The molecule has 0 N–H and O–H groups in total. The molecule has 1 saturated heterocycles. The van der Waals surface area contributed by atoms with Crippen LogP contribution in [0, 0.1) is 0 Å². The Morgan fingerprint density at radius 3 is 2.91 bits per heavy atom. The molecular weight excluding hydrogens is 432 g/mol. The number of carbonyl (C=O) groups is 1. The van der Waals surface area contributed by atoms with E-state index in [1.54, 1.807) is 30.5 Å². The predicted molar refractivity (Wildman–Crippen MR) is 127 cm³/mol. The maximum Gasteiger partial charge on any atom is 0.275 e. The molecule has 0 bridgehead atoms. The Morgan fingerprint density at radius 1 is 1.15 bits per heavy atom. The SMILES string of the molecule is COc1cccc(Cc2cnc([C@H]3CCCCN3C(=O)Cn3ncc4ccccc4c3=O)o2)c1. The summed E-state index contributed by atoms with van der Waals surface area (Å²) in [4.78, 5) is 32.3. The monoisotopic (exact) mass is 458 g/mol. The van der Waals surface area contributed by atoms with Gasteiger partial charge in [0.1, 0.15) is 24.1 Å². The molecule has 0 unspecified atom stereocenters. The summed E-state index contributed by atoms with van der Waals surface area (Å²) < 4.78 is 12.6. The Morgan fingerprint density at radius 2 is 2.03 bits per heavy atom. The molecule has 2 aromatic carbocycles. The van der Waals surface area contributed by atoms with Crippen LogP contribution in [0.15, 0.2) is 70.1 Å². The quantitative estimate of drug-likeness (QED) is 0.437. The molecule has 8 nitrogen and oxygen atoms in total. The second-order valence-corrected chi connectivity index (χ2v) is 8.49. The van der Waals surface area contributed by atoms with Crippen LogP contribution in [0.5, 0.6) is 5.75 Å². The van der Waals surface area contributed by atoms with Crippen LogP contribution >= 0.6 is 0 Å². The van der Waals surface area contributed by atoms with Crippen molar-refractivity contribution < 1.29 is 13.9 Å². The lowest BCUT2D eigenvalue weighted by molar-refractivity contribution is -0.136. The van der Waals surface area contributed by atoms with Crippen LogP contribution in [-0.4, -0.2) is 39.2 Å². The minimum Gasteiger partial charge on any atom is -0.497 e. The first-order chi connectivity index (χ1) is 16.6. The Labute approximate surface area is 196 Å². The fourth-order valence-electron chi connectivity index (χ4n) is 4.49. The van der Waals surface area contributed by atoms with Gasteiger partial charge in [0.15, 0.2) is 0 Å². The fraction of sp³-hybridized carbons (Fsp3) is 0.308. The van der Waals surface area contributed by atoms with Gasteiger partial charge in [-0.2, -0.15) is 5.10 Å². The van der Waals surface area contributed by atoms with Crippen LogP contribution < -0.4 is 10.3 Å². The molecule has 5 rings (SSSR count). The van der Waals surface area contributed by atoms with Gasteiger partial charge in [0.05, 0.1) is 24.9 Å². The fourth-order valence-corrected chi connectivity index (χ4v) is 4.49. The summed E-state index contributed by atoms with van der Waals surface area (Å²) in [5.74, 6) is 1.89. The van der Waals surface area contributed by atoms with E-state index in [-0.39, 0.29) is 24.1 Å². The molecule has 3 heterocycles. The van der Waals surface area contributed by atoms with Crippen molar-refractivity contribution in [2.75, 3.05) is 13.7 Å². The lowest BCUT2D eigenvalue weighted by Crippen LogP contribution is -2.42. The van der Waals surface area contributed by atoms with Gasteiger partial charge in [-0.25, -0.2) is 9.67 Å². The number of nitrogens with zero attached hydrogens (tertiary/aromatic N) is 4. The molecule has 2 aromatic heterocycles. The van der Waals surface area contributed by atoms with Crippen molar-refractivity contribution in [1.29, 1.82) is 0 Å². The van der Waals surface area contributed by atoms with Gasteiger partial charge in [0.2, 0.25) is 11.8 Å². The van der Waals surface area contributed by atoms with E-state index >= 15 is 0 Å². The molecule has 0 saturated carbocycles. The number of amides is 1. The van der Waals surface area contributed by atoms with Crippen LogP contribution in [0.1, 0.15) is 42.5 Å². The third-order valence-electron chi connectivity index (χ3n) is 6.24. The van der Waals surface area contributed by atoms with Gasteiger partial charge in [0, 0.05) is 18.4 Å². The zero-order chi connectivity index (χ0) is 23.5. The van der Waals surface area contributed by atoms with Gasteiger partial charge in [0.25, 0.3) is 5.56 Å². The van der Waals surface area contributed by atoms with E-state index in [0.717, 1.165) is 41.7 Å². The van der Waals surface area contributed by atoms with E-state index in [9.17, 15) is 9.59 Å². The third-order valence-corrected chi connectivity index (χ3v) is 6.24. The average molecular weight is 459 g/mol. The number of benzene rings is 2. The van der Waals surface area contributed by atoms with Gasteiger partial charge in [-0.3, -0.25) is 9.59 Å². The van der Waals surface area contributed by atoms with Gasteiger partial charge in [-0.05, 0) is 43.0 Å². The van der Waals surface area contributed by atoms with Gasteiger partial charge in [-0.15, -0.1) is 0 Å². The Kier molecular flexibility index (Phi) is 6.12. The van der Waals surface area contributed by atoms with E-state index in [4.69, 9.17) is 9.15 Å². The van der Waals surface area contributed by atoms with Crippen LogP contribution in [-0.2, 0) is 17.8 Å². The van der Waals surface area contributed by atoms with Crippen LogP contribution in [0.4, 0.5) is 0 Å². The van der Waals surface area contributed by atoms with Crippen LogP contribution in [0.25, 0.3) is 10.8 Å². The number of likely N-dealkylation sites (tertiary alicyclic amines) is 1. The standard InChI is InChI=1S/C26H26N4O4/c1-33-20-9-6-7-18(13-20)14-21-16-27-25(34-21)23-11-4-5-12-29(23)24(31)17-30-26(32)22-10-3-2-8-19(22)15-28-30/h2-3,6-10,13,15-16,23H,4-5,11-12,14,17H2,1H3/t23-/m1/s1. The molecule has 1 amide bonds. The average Bonchev–Trinajstić information content (AvgIpc) is 3.34. The molecule has 0 aliphatic carbocycles. The van der Waals surface area contributed by atoms with E-state index in [2.05, 4.69) is 10.1 Å². The lowest BCUT2D eigenvalue weighted by atomic mass is 10.0. The molecule has 1 fully saturated rings. The molecular formula is C26H26N4O4. The van der Waals surface area contributed by atoms with Crippen molar-refractivity contribution in [3.8, 4) is 5.75 Å². The zero-order valence-electron chi connectivity index (χ0n) is 19.0. The summed E-state index contributed by atoms with van der Waals surface area (Å²) in [5.41, 5.74) is 0.789. The second-order valence-electron chi connectivity index (χ2n) is 8.49. The first-order valence-electron chi connectivity index (χ1n) is 11.4. The molecule has 174 valence electrons. The van der Waals surface area contributed by atoms with E-state index < -0.39 is 0 Å². The second kappa shape index (κ2) is 9.51. The van der Waals surface area contributed by atoms with Crippen molar-refractivity contribution in [2.45, 2.75) is 38.3 Å². The highest BCUT2D eigenvalue weighted by atomic mass is 16.5. The molecule has 4 aromatic rings. The number of carbonyl (C=O) groups excluding carboxylic acids is 1. The smallest absolute Gasteiger partial charge is 0.275 e. The van der Waals surface area contributed by atoms with E-state index in [1.807, 2.05) is 42.5 Å². The highest BCUT2D eigenvalue weighted by Crippen LogP contribution is 2.31. The summed E-state index contributed by atoms with van der Waals surface area (Å²) >= 11 is 0. The number of hydrogen-bond acceptors (Lipinski definition) is 6. The molecule has 0 spiro atoms. The van der Waals surface area contributed by atoms with Crippen molar-refractivity contribution in [2.24, 2.45) is 0 Å². The van der Waals surface area contributed by atoms with E-state index in [0.29, 0.717) is 24.2 Å². The largest absolute Gasteiger partial charge is 0.497 e. The minimum absolute atomic E-state index is 0.114. The normalized spacial score (nSPS) is 16.0. The Hall–Kier alpha value is -3.94. The first kappa shape index (κ1) is 21.9. The highest BCUT2D eigenvalue weighted by molar-refractivity contribution is 5.81. The molecule has 1 atom stereocenters. The minimum atomic E-state index is -0.267. The maximum absolute atomic E-state index is 13.3. The number of rotatable bonds is 6. The lowest BCUT2D eigenvalue weighted by Gasteiger charge is -2.33. The number of methoxy groups -OCH3 is 1. The number of aromatic nitrogens is 3. The third kappa shape index (κ3) is 4.44. The highest BCUT2D eigenvalue weighted by Gasteiger charge is 2.31. The van der Waals surface area contributed by atoms with Crippen molar-refractivity contribution in [1.82, 2.24) is 19.7 Å². The molecule has 34 heavy (non-hydrogen) atoms. The summed E-state index contributed by atoms with van der Waals surface area (Å²) in [6.45, 7) is 0.483. The number of oxazole rings is 1. The molecule has 8 heteroatoms. The van der Waals surface area contributed by atoms with Crippen LogP contribution in [0.2, 0.25) is 0 Å². The summed E-state index contributed by atoms with van der Waals surface area (Å²) in [6, 6.07) is 14.8. The summed E-state index contributed by atoms with van der Waals surface area (Å²) in [7, 11) is 1.64. The van der Waals surface area contributed by atoms with Gasteiger partial charge in [-0.1, -0.05) is 30.3 Å². The Balaban J connectivity index is 1.34. The first-order valence-corrected chi connectivity index (χ1v) is 11.4. The van der Waals surface area contributed by atoms with Gasteiger partial charge < -0.3 is 14.1 Å². The summed E-state index contributed by atoms with van der Waals surface area (Å²) in [6.07, 6.45) is 6.58.